The summed E-state index contributed by atoms with van der Waals surface area (Å²) in [6.45, 7) is 10.2. The van der Waals surface area contributed by atoms with Gasteiger partial charge in [0.05, 0.1) is 19.3 Å². The first kappa shape index (κ1) is 12.9. The van der Waals surface area contributed by atoms with E-state index in [1.54, 1.807) is 0 Å². The number of nitrogens with zero attached hydrogens (tertiary/aromatic N) is 1. The van der Waals surface area contributed by atoms with Crippen molar-refractivity contribution in [2.24, 2.45) is 0 Å². The third-order valence-corrected chi connectivity index (χ3v) is 2.70. The first-order valence-corrected chi connectivity index (χ1v) is 6.28. The summed E-state index contributed by atoms with van der Waals surface area (Å²) in [6, 6.07) is 0. The first-order chi connectivity index (χ1) is 7.36. The normalized spacial score (nSPS) is 23.2. The molecule has 0 aliphatic carbocycles. The van der Waals surface area contributed by atoms with E-state index in [2.05, 4.69) is 18.7 Å². The molecule has 1 fully saturated rings. The van der Waals surface area contributed by atoms with Gasteiger partial charge in [-0.3, -0.25) is 4.90 Å². The maximum atomic E-state index is 5.67. The third-order valence-electron chi connectivity index (χ3n) is 2.70. The van der Waals surface area contributed by atoms with Gasteiger partial charge in [-0.05, 0) is 19.4 Å². The van der Waals surface area contributed by atoms with Crippen molar-refractivity contribution in [3.05, 3.63) is 0 Å². The van der Waals surface area contributed by atoms with Crippen LogP contribution in [0.4, 0.5) is 0 Å². The second-order valence-corrected chi connectivity index (χ2v) is 4.22. The fourth-order valence-electron chi connectivity index (χ4n) is 1.83. The van der Waals surface area contributed by atoms with Crippen molar-refractivity contribution >= 4 is 0 Å². The van der Waals surface area contributed by atoms with E-state index in [0.717, 1.165) is 39.3 Å². The highest BCUT2D eigenvalue weighted by atomic mass is 16.5. The van der Waals surface area contributed by atoms with Crippen LogP contribution in [0.3, 0.4) is 0 Å². The average molecular weight is 215 g/mol. The van der Waals surface area contributed by atoms with Gasteiger partial charge in [-0.15, -0.1) is 0 Å². The Morgan fingerprint density at radius 2 is 2.20 bits per heavy atom. The molecule has 0 bridgehead atoms. The Bertz CT molecular complexity index is 153. The molecule has 1 rings (SSSR count). The number of rotatable bonds is 7. The van der Waals surface area contributed by atoms with Gasteiger partial charge in [0.15, 0.2) is 0 Å². The zero-order valence-electron chi connectivity index (χ0n) is 10.2. The van der Waals surface area contributed by atoms with E-state index in [0.29, 0.717) is 6.10 Å². The lowest BCUT2D eigenvalue weighted by Crippen LogP contribution is -2.44. The summed E-state index contributed by atoms with van der Waals surface area (Å²) >= 11 is 0. The minimum absolute atomic E-state index is 0.294. The van der Waals surface area contributed by atoms with Crippen LogP contribution in [0, 0.1) is 0 Å². The minimum Gasteiger partial charge on any atom is -0.379 e. The van der Waals surface area contributed by atoms with Crippen LogP contribution in [0.5, 0.6) is 0 Å². The molecule has 15 heavy (non-hydrogen) atoms. The molecule has 0 saturated carbocycles. The highest BCUT2D eigenvalue weighted by Gasteiger charge is 2.19. The lowest BCUT2D eigenvalue weighted by atomic mass is 10.2. The molecular weight excluding hydrogens is 190 g/mol. The Kier molecular flexibility index (Phi) is 6.98. The number of unbranched alkanes of at least 4 members (excludes halogenated alkanes) is 1. The number of ether oxygens (including phenoxy) is 2. The maximum Gasteiger partial charge on any atom is 0.0935 e. The molecule has 90 valence electrons. The third kappa shape index (κ3) is 5.50. The van der Waals surface area contributed by atoms with Crippen LogP contribution in [0.15, 0.2) is 0 Å². The molecule has 0 N–H and O–H groups in total. The topological polar surface area (TPSA) is 21.7 Å². The van der Waals surface area contributed by atoms with E-state index in [9.17, 15) is 0 Å². The zero-order chi connectivity index (χ0) is 10.9. The van der Waals surface area contributed by atoms with Crippen molar-refractivity contribution < 1.29 is 9.47 Å². The Hall–Kier alpha value is -0.120. The summed E-state index contributed by atoms with van der Waals surface area (Å²) in [7, 11) is 0. The highest BCUT2D eigenvalue weighted by Crippen LogP contribution is 2.07. The van der Waals surface area contributed by atoms with Crippen molar-refractivity contribution in [3.8, 4) is 0 Å². The molecule has 0 spiro atoms. The summed E-state index contributed by atoms with van der Waals surface area (Å²) in [5.74, 6) is 0. The molecule has 0 radical (unpaired) electrons. The fourth-order valence-corrected chi connectivity index (χ4v) is 1.83. The monoisotopic (exact) mass is 215 g/mol. The van der Waals surface area contributed by atoms with E-state index >= 15 is 0 Å². The van der Waals surface area contributed by atoms with E-state index < -0.39 is 0 Å². The molecule has 1 atom stereocenters. The summed E-state index contributed by atoms with van der Waals surface area (Å²) in [5.41, 5.74) is 0. The van der Waals surface area contributed by atoms with Gasteiger partial charge in [-0.1, -0.05) is 20.3 Å². The number of hydrogen-bond acceptors (Lipinski definition) is 3. The van der Waals surface area contributed by atoms with Crippen molar-refractivity contribution in [3.63, 3.8) is 0 Å². The van der Waals surface area contributed by atoms with Gasteiger partial charge in [0.25, 0.3) is 0 Å². The lowest BCUT2D eigenvalue weighted by molar-refractivity contribution is -0.0690. The zero-order valence-corrected chi connectivity index (χ0v) is 10.2. The quantitative estimate of drug-likeness (QED) is 0.606. The Balaban J connectivity index is 2.11. The molecule has 0 aromatic carbocycles. The molecule has 1 saturated heterocycles. The van der Waals surface area contributed by atoms with Crippen molar-refractivity contribution in [2.45, 2.75) is 39.2 Å². The van der Waals surface area contributed by atoms with Crippen molar-refractivity contribution in [1.29, 1.82) is 0 Å². The van der Waals surface area contributed by atoms with Gasteiger partial charge in [0, 0.05) is 19.7 Å². The highest BCUT2D eigenvalue weighted by molar-refractivity contribution is 4.70. The summed E-state index contributed by atoms with van der Waals surface area (Å²) in [4.78, 5) is 2.49. The predicted octanol–water partition coefficient (Wildman–Crippen LogP) is 1.91. The average Bonchev–Trinajstić information content (AvgIpc) is 2.27. The predicted molar refractivity (Wildman–Crippen MR) is 62.2 cm³/mol. The molecular formula is C12H25NO2. The largest absolute Gasteiger partial charge is 0.379 e. The second-order valence-electron chi connectivity index (χ2n) is 4.22. The van der Waals surface area contributed by atoms with Gasteiger partial charge in [0.2, 0.25) is 0 Å². The molecule has 1 aliphatic rings. The Morgan fingerprint density at radius 1 is 1.33 bits per heavy atom. The molecule has 1 heterocycles. The smallest absolute Gasteiger partial charge is 0.0935 e. The van der Waals surface area contributed by atoms with Crippen LogP contribution < -0.4 is 0 Å². The van der Waals surface area contributed by atoms with Gasteiger partial charge < -0.3 is 9.47 Å². The van der Waals surface area contributed by atoms with Crippen LogP contribution in [-0.4, -0.2) is 50.5 Å². The van der Waals surface area contributed by atoms with Gasteiger partial charge >= 0.3 is 0 Å². The van der Waals surface area contributed by atoms with Crippen molar-refractivity contribution in [2.75, 3.05) is 39.5 Å². The van der Waals surface area contributed by atoms with Gasteiger partial charge in [-0.25, -0.2) is 0 Å². The van der Waals surface area contributed by atoms with Crippen molar-refractivity contribution in [1.82, 2.24) is 4.90 Å². The Labute approximate surface area is 93.7 Å². The van der Waals surface area contributed by atoms with Crippen LogP contribution in [0.25, 0.3) is 0 Å². The lowest BCUT2D eigenvalue weighted by Gasteiger charge is -2.32. The second kappa shape index (κ2) is 8.08. The Morgan fingerprint density at radius 3 is 2.93 bits per heavy atom. The summed E-state index contributed by atoms with van der Waals surface area (Å²) < 4.78 is 11.2. The summed E-state index contributed by atoms with van der Waals surface area (Å²) in [5, 5.41) is 0. The molecule has 0 aromatic rings. The summed E-state index contributed by atoms with van der Waals surface area (Å²) in [6.07, 6.45) is 3.95. The molecule has 1 unspecified atom stereocenters. The van der Waals surface area contributed by atoms with E-state index in [1.807, 2.05) is 0 Å². The van der Waals surface area contributed by atoms with Gasteiger partial charge in [-0.2, -0.15) is 0 Å². The molecule has 1 aliphatic heterocycles. The molecule has 0 aromatic heterocycles. The maximum absolute atomic E-state index is 5.67. The molecule has 0 amide bonds. The van der Waals surface area contributed by atoms with E-state index in [4.69, 9.17) is 9.47 Å². The SMILES string of the molecule is CCCCN1CCOC(COCCC)C1. The minimum atomic E-state index is 0.294. The van der Waals surface area contributed by atoms with E-state index in [1.165, 1.54) is 19.4 Å². The number of morpholine rings is 1. The first-order valence-electron chi connectivity index (χ1n) is 6.28. The molecule has 3 nitrogen and oxygen atoms in total. The van der Waals surface area contributed by atoms with Crippen LogP contribution >= 0.6 is 0 Å². The standard InChI is InChI=1S/C12H25NO2/c1-3-5-6-13-7-9-15-12(10-13)11-14-8-4-2/h12H,3-11H2,1-2H3. The van der Waals surface area contributed by atoms with Crippen LogP contribution in [-0.2, 0) is 9.47 Å². The number of hydrogen-bond donors (Lipinski definition) is 0. The van der Waals surface area contributed by atoms with Gasteiger partial charge in [0.1, 0.15) is 0 Å². The van der Waals surface area contributed by atoms with Crippen LogP contribution in [0.2, 0.25) is 0 Å². The molecule has 3 heteroatoms. The fraction of sp³-hybridized carbons (Fsp3) is 1.00. The van der Waals surface area contributed by atoms with E-state index in [-0.39, 0.29) is 0 Å². The van der Waals surface area contributed by atoms with Crippen LogP contribution in [0.1, 0.15) is 33.1 Å².